The van der Waals surface area contributed by atoms with Crippen molar-refractivity contribution in [2.75, 3.05) is 17.7 Å². The number of ether oxygens (including phenoxy) is 1. The van der Waals surface area contributed by atoms with Crippen LogP contribution in [0.15, 0.2) is 40.8 Å². The van der Waals surface area contributed by atoms with Crippen molar-refractivity contribution in [2.24, 2.45) is 5.92 Å². The number of amides is 2. The minimum atomic E-state index is -0.332. The van der Waals surface area contributed by atoms with Gasteiger partial charge in [-0.3, -0.25) is 9.59 Å². The molecule has 2 aromatic carbocycles. The van der Waals surface area contributed by atoms with Crippen LogP contribution >= 0.6 is 0 Å². The van der Waals surface area contributed by atoms with E-state index >= 15 is 0 Å². The van der Waals surface area contributed by atoms with Gasteiger partial charge in [-0.25, -0.2) is 0 Å². The first-order chi connectivity index (χ1) is 13.5. The molecule has 6 nitrogen and oxygen atoms in total. The number of carbonyl (C=O) groups excluding carboxylic acids is 2. The molecular formula is C22H22N2O4. The zero-order chi connectivity index (χ0) is 19.8. The molecule has 0 unspecified atom stereocenters. The Bertz CT molecular complexity index is 1080. The number of aryl methyl sites for hydroxylation is 2. The van der Waals surface area contributed by atoms with Crippen LogP contribution in [-0.2, 0) is 4.79 Å². The number of benzene rings is 2. The van der Waals surface area contributed by atoms with Crippen molar-refractivity contribution in [3.8, 4) is 5.75 Å². The minimum absolute atomic E-state index is 0.0307. The molecule has 1 saturated carbocycles. The van der Waals surface area contributed by atoms with E-state index in [0.717, 1.165) is 29.4 Å². The Hall–Kier alpha value is -3.28. The zero-order valence-electron chi connectivity index (χ0n) is 16.1. The minimum Gasteiger partial charge on any atom is -0.497 e. The monoisotopic (exact) mass is 378 g/mol. The maximum absolute atomic E-state index is 12.8. The van der Waals surface area contributed by atoms with Crippen molar-refractivity contribution in [1.82, 2.24) is 0 Å². The number of nitrogens with one attached hydrogen (secondary N) is 2. The number of hydrogen-bond donors (Lipinski definition) is 2. The third-order valence-corrected chi connectivity index (χ3v) is 5.05. The first kappa shape index (κ1) is 18.1. The second kappa shape index (κ2) is 7.03. The number of anilines is 2. The summed E-state index contributed by atoms with van der Waals surface area (Å²) in [6.07, 6.45) is 1.88. The Labute approximate surface area is 162 Å². The highest BCUT2D eigenvalue weighted by Crippen LogP contribution is 2.32. The van der Waals surface area contributed by atoms with Crippen LogP contribution in [0.3, 0.4) is 0 Å². The van der Waals surface area contributed by atoms with Gasteiger partial charge in [0.15, 0.2) is 5.76 Å². The Kier molecular flexibility index (Phi) is 4.55. The summed E-state index contributed by atoms with van der Waals surface area (Å²) >= 11 is 0. The highest BCUT2D eigenvalue weighted by Gasteiger charge is 2.29. The fourth-order valence-electron chi connectivity index (χ4n) is 3.15. The molecule has 4 rings (SSSR count). The lowest BCUT2D eigenvalue weighted by molar-refractivity contribution is -0.117. The van der Waals surface area contributed by atoms with E-state index in [0.29, 0.717) is 22.7 Å². The Morgan fingerprint density at radius 1 is 1.07 bits per heavy atom. The van der Waals surface area contributed by atoms with Gasteiger partial charge in [0.05, 0.1) is 7.11 Å². The second-order valence-electron chi connectivity index (χ2n) is 7.17. The smallest absolute Gasteiger partial charge is 0.291 e. The Morgan fingerprint density at radius 2 is 1.86 bits per heavy atom. The van der Waals surface area contributed by atoms with Gasteiger partial charge < -0.3 is 19.8 Å². The largest absolute Gasteiger partial charge is 0.497 e. The van der Waals surface area contributed by atoms with Crippen LogP contribution in [-0.4, -0.2) is 18.9 Å². The molecule has 0 atom stereocenters. The molecule has 1 fully saturated rings. The standard InChI is InChI=1S/C22H22N2O4/c1-12-4-7-15(23-21(25)14-5-6-14)10-18(12)24-22(26)20-13(2)17-11-16(27-3)8-9-19(17)28-20/h4,7-11,14H,5-6H2,1-3H3,(H,23,25)(H,24,26). The summed E-state index contributed by atoms with van der Waals surface area (Å²) in [6.45, 7) is 3.75. The van der Waals surface area contributed by atoms with Gasteiger partial charge in [-0.1, -0.05) is 6.07 Å². The van der Waals surface area contributed by atoms with E-state index in [1.54, 1.807) is 25.3 Å². The quantitative estimate of drug-likeness (QED) is 0.677. The van der Waals surface area contributed by atoms with Gasteiger partial charge in [-0.15, -0.1) is 0 Å². The molecule has 0 radical (unpaired) electrons. The van der Waals surface area contributed by atoms with E-state index in [1.807, 2.05) is 32.0 Å². The Morgan fingerprint density at radius 3 is 2.57 bits per heavy atom. The molecule has 28 heavy (non-hydrogen) atoms. The number of furan rings is 1. The van der Waals surface area contributed by atoms with Gasteiger partial charge in [-0.2, -0.15) is 0 Å². The summed E-state index contributed by atoms with van der Waals surface area (Å²) in [5.41, 5.74) is 3.58. The topological polar surface area (TPSA) is 80.6 Å². The van der Waals surface area contributed by atoms with E-state index in [-0.39, 0.29) is 23.5 Å². The van der Waals surface area contributed by atoms with Crippen molar-refractivity contribution in [3.63, 3.8) is 0 Å². The van der Waals surface area contributed by atoms with Crippen LogP contribution in [0.2, 0.25) is 0 Å². The number of rotatable bonds is 5. The fraction of sp³-hybridized carbons (Fsp3) is 0.273. The van der Waals surface area contributed by atoms with Crippen molar-refractivity contribution in [3.05, 3.63) is 53.3 Å². The fourth-order valence-corrected chi connectivity index (χ4v) is 3.15. The molecule has 144 valence electrons. The second-order valence-corrected chi connectivity index (χ2v) is 7.17. The van der Waals surface area contributed by atoms with Gasteiger partial charge in [0.1, 0.15) is 11.3 Å². The van der Waals surface area contributed by atoms with Crippen molar-refractivity contribution in [1.29, 1.82) is 0 Å². The van der Waals surface area contributed by atoms with E-state index in [1.165, 1.54) is 0 Å². The molecule has 0 aliphatic heterocycles. The van der Waals surface area contributed by atoms with Gasteiger partial charge in [-0.05, 0) is 62.6 Å². The number of fused-ring (bicyclic) bond motifs is 1. The maximum atomic E-state index is 12.8. The molecule has 2 amide bonds. The van der Waals surface area contributed by atoms with Crippen LogP contribution in [0.4, 0.5) is 11.4 Å². The van der Waals surface area contributed by atoms with E-state index < -0.39 is 0 Å². The van der Waals surface area contributed by atoms with E-state index in [2.05, 4.69) is 10.6 Å². The van der Waals surface area contributed by atoms with E-state index in [4.69, 9.17) is 9.15 Å². The molecule has 1 aliphatic rings. The van der Waals surface area contributed by atoms with Gasteiger partial charge in [0, 0.05) is 28.2 Å². The average Bonchev–Trinajstić information content (AvgIpc) is 3.49. The normalized spacial score (nSPS) is 13.4. The lowest BCUT2D eigenvalue weighted by Gasteiger charge is -2.11. The van der Waals surface area contributed by atoms with Crippen LogP contribution < -0.4 is 15.4 Å². The third-order valence-electron chi connectivity index (χ3n) is 5.05. The van der Waals surface area contributed by atoms with Crippen LogP contribution in [0, 0.1) is 19.8 Å². The van der Waals surface area contributed by atoms with Crippen LogP contribution in [0.25, 0.3) is 11.0 Å². The summed E-state index contributed by atoms with van der Waals surface area (Å²) in [4.78, 5) is 24.8. The van der Waals surface area contributed by atoms with Gasteiger partial charge in [0.25, 0.3) is 5.91 Å². The lowest BCUT2D eigenvalue weighted by atomic mass is 10.1. The predicted molar refractivity (Wildman–Crippen MR) is 108 cm³/mol. The molecule has 1 heterocycles. The third kappa shape index (κ3) is 3.45. The highest BCUT2D eigenvalue weighted by molar-refractivity contribution is 6.07. The average molecular weight is 378 g/mol. The maximum Gasteiger partial charge on any atom is 0.291 e. The summed E-state index contributed by atoms with van der Waals surface area (Å²) < 4.78 is 11.0. The first-order valence-corrected chi connectivity index (χ1v) is 9.26. The molecule has 0 saturated heterocycles. The summed E-state index contributed by atoms with van der Waals surface area (Å²) in [5, 5.41) is 6.64. The van der Waals surface area contributed by atoms with Gasteiger partial charge in [0.2, 0.25) is 5.91 Å². The van der Waals surface area contributed by atoms with E-state index in [9.17, 15) is 9.59 Å². The SMILES string of the molecule is COc1ccc2oc(C(=O)Nc3cc(NC(=O)C4CC4)ccc3C)c(C)c2c1. The first-order valence-electron chi connectivity index (χ1n) is 9.26. The summed E-state index contributed by atoms with van der Waals surface area (Å²) in [6, 6.07) is 10.9. The molecule has 1 aromatic heterocycles. The number of carbonyl (C=O) groups is 2. The molecule has 0 bridgehead atoms. The molecule has 6 heteroatoms. The summed E-state index contributed by atoms with van der Waals surface area (Å²) in [5.74, 6) is 0.785. The van der Waals surface area contributed by atoms with Crippen molar-refractivity contribution in [2.45, 2.75) is 26.7 Å². The molecular weight excluding hydrogens is 356 g/mol. The summed E-state index contributed by atoms with van der Waals surface area (Å²) in [7, 11) is 1.60. The highest BCUT2D eigenvalue weighted by atomic mass is 16.5. The number of hydrogen-bond acceptors (Lipinski definition) is 4. The molecule has 2 N–H and O–H groups in total. The zero-order valence-corrected chi connectivity index (χ0v) is 16.1. The molecule has 3 aromatic rings. The molecule has 1 aliphatic carbocycles. The molecule has 0 spiro atoms. The van der Waals surface area contributed by atoms with Crippen molar-refractivity contribution < 1.29 is 18.7 Å². The van der Waals surface area contributed by atoms with Crippen molar-refractivity contribution >= 4 is 34.2 Å². The number of methoxy groups -OCH3 is 1. The van der Waals surface area contributed by atoms with Crippen LogP contribution in [0.5, 0.6) is 5.75 Å². The van der Waals surface area contributed by atoms with Crippen LogP contribution in [0.1, 0.15) is 34.5 Å². The predicted octanol–water partition coefficient (Wildman–Crippen LogP) is 4.66. The lowest BCUT2D eigenvalue weighted by Crippen LogP contribution is -2.15. The Balaban J connectivity index is 1.58. The van der Waals surface area contributed by atoms with Gasteiger partial charge >= 0.3 is 0 Å².